The van der Waals surface area contributed by atoms with E-state index < -0.39 is 0 Å². The zero-order valence-electron chi connectivity index (χ0n) is 18.0. The van der Waals surface area contributed by atoms with E-state index in [9.17, 15) is 9.59 Å². The molecule has 5 aliphatic rings. The fraction of sp³-hybridized carbons (Fsp3) is 0.875. The van der Waals surface area contributed by atoms with E-state index in [4.69, 9.17) is 4.84 Å². The van der Waals surface area contributed by atoms with Crippen LogP contribution < -0.4 is 5.32 Å². The van der Waals surface area contributed by atoms with Crippen LogP contribution in [0.25, 0.3) is 0 Å². The second kappa shape index (κ2) is 7.18. The maximum Gasteiger partial charge on any atom is 0.141 e. The van der Waals surface area contributed by atoms with Gasteiger partial charge in [-0.1, -0.05) is 19.0 Å². The van der Waals surface area contributed by atoms with Gasteiger partial charge in [0.15, 0.2) is 0 Å². The van der Waals surface area contributed by atoms with Gasteiger partial charge in [-0.15, -0.1) is 0 Å². The molecule has 1 N–H and O–H groups in total. The third-order valence-electron chi connectivity index (χ3n) is 9.73. The van der Waals surface area contributed by atoms with Gasteiger partial charge in [0.05, 0.1) is 5.71 Å². The SMILES string of the molecule is CC[C@]12CCC(=NO[C@H]3CCNC3)C[C@@H]1C(=O)CC1C2CC[C@]2(C)C(=O)CCC12. The fourth-order valence-corrected chi connectivity index (χ4v) is 8.04. The second-order valence-electron chi connectivity index (χ2n) is 10.7. The number of carbonyl (C=O) groups excluding carboxylic acids is 2. The minimum atomic E-state index is -0.159. The first-order chi connectivity index (χ1) is 14.0. The van der Waals surface area contributed by atoms with Gasteiger partial charge in [0, 0.05) is 37.1 Å². The van der Waals surface area contributed by atoms with Gasteiger partial charge in [0.2, 0.25) is 0 Å². The zero-order chi connectivity index (χ0) is 20.2. The number of nitrogens with one attached hydrogen (secondary N) is 1. The third kappa shape index (κ3) is 2.94. The normalized spacial score (nSPS) is 48.3. The van der Waals surface area contributed by atoms with Crippen LogP contribution in [0.1, 0.15) is 78.1 Å². The molecule has 5 fully saturated rings. The lowest BCUT2D eigenvalue weighted by molar-refractivity contribution is -0.155. The predicted molar refractivity (Wildman–Crippen MR) is 112 cm³/mol. The van der Waals surface area contributed by atoms with Crippen molar-refractivity contribution < 1.29 is 14.4 Å². The lowest BCUT2D eigenvalue weighted by Gasteiger charge is -2.59. The summed E-state index contributed by atoms with van der Waals surface area (Å²) in [6.45, 7) is 6.36. The van der Waals surface area contributed by atoms with Crippen LogP contribution in [-0.2, 0) is 14.4 Å². The third-order valence-corrected chi connectivity index (χ3v) is 9.73. The highest BCUT2D eigenvalue weighted by molar-refractivity contribution is 5.93. The molecule has 0 amide bonds. The number of fused-ring (bicyclic) bond motifs is 5. The summed E-state index contributed by atoms with van der Waals surface area (Å²) in [5.74, 6) is 2.44. The first-order valence-corrected chi connectivity index (χ1v) is 12.0. The van der Waals surface area contributed by atoms with Crippen molar-refractivity contribution >= 4 is 17.3 Å². The molecule has 4 saturated carbocycles. The Morgan fingerprint density at radius 1 is 1.10 bits per heavy atom. The summed E-state index contributed by atoms with van der Waals surface area (Å²) in [5.41, 5.74) is 1.05. The van der Waals surface area contributed by atoms with Crippen molar-refractivity contribution in [3.63, 3.8) is 0 Å². The molecule has 5 rings (SSSR count). The Bertz CT molecular complexity index is 728. The largest absolute Gasteiger partial charge is 0.391 e. The van der Waals surface area contributed by atoms with E-state index in [1.165, 1.54) is 0 Å². The highest BCUT2D eigenvalue weighted by Gasteiger charge is 2.62. The molecule has 0 aromatic rings. The minimum Gasteiger partial charge on any atom is -0.391 e. The number of oxime groups is 1. The molecule has 7 atom stereocenters. The summed E-state index contributed by atoms with van der Waals surface area (Å²) in [5, 5.41) is 7.82. The number of ketones is 2. The van der Waals surface area contributed by atoms with Crippen molar-refractivity contribution in [2.24, 2.45) is 39.7 Å². The quantitative estimate of drug-likeness (QED) is 0.730. The Labute approximate surface area is 174 Å². The van der Waals surface area contributed by atoms with Gasteiger partial charge >= 0.3 is 0 Å². The Balaban J connectivity index is 1.38. The molecule has 3 unspecified atom stereocenters. The Kier molecular flexibility index (Phi) is 4.88. The Morgan fingerprint density at radius 3 is 2.72 bits per heavy atom. The molecule has 5 heteroatoms. The molecule has 0 aromatic heterocycles. The van der Waals surface area contributed by atoms with E-state index in [2.05, 4.69) is 24.3 Å². The van der Waals surface area contributed by atoms with Gasteiger partial charge in [-0.25, -0.2) is 0 Å². The summed E-state index contributed by atoms with van der Waals surface area (Å²) < 4.78 is 0. The minimum absolute atomic E-state index is 0.105. The molecule has 1 saturated heterocycles. The van der Waals surface area contributed by atoms with Gasteiger partial charge in [-0.05, 0) is 74.7 Å². The van der Waals surface area contributed by atoms with Crippen LogP contribution >= 0.6 is 0 Å². The van der Waals surface area contributed by atoms with Crippen molar-refractivity contribution in [2.45, 2.75) is 84.2 Å². The van der Waals surface area contributed by atoms with Crippen molar-refractivity contribution in [2.75, 3.05) is 13.1 Å². The topological polar surface area (TPSA) is 67.8 Å². The van der Waals surface area contributed by atoms with E-state index in [0.717, 1.165) is 76.6 Å². The van der Waals surface area contributed by atoms with Crippen LogP contribution in [0.4, 0.5) is 0 Å². The van der Waals surface area contributed by atoms with Gasteiger partial charge in [-0.3, -0.25) is 9.59 Å². The zero-order valence-corrected chi connectivity index (χ0v) is 18.0. The molecule has 4 aliphatic carbocycles. The number of carbonyl (C=O) groups is 2. The highest BCUT2D eigenvalue weighted by atomic mass is 16.6. The van der Waals surface area contributed by atoms with Crippen LogP contribution in [0.5, 0.6) is 0 Å². The number of hydrogen-bond donors (Lipinski definition) is 1. The van der Waals surface area contributed by atoms with Crippen molar-refractivity contribution in [3.8, 4) is 0 Å². The second-order valence-corrected chi connectivity index (χ2v) is 10.7. The van der Waals surface area contributed by atoms with Crippen molar-refractivity contribution in [1.29, 1.82) is 0 Å². The molecule has 1 aliphatic heterocycles. The average molecular weight is 401 g/mol. The smallest absolute Gasteiger partial charge is 0.141 e. The first-order valence-electron chi connectivity index (χ1n) is 12.0. The van der Waals surface area contributed by atoms with Crippen LogP contribution in [0.3, 0.4) is 0 Å². The van der Waals surface area contributed by atoms with E-state index >= 15 is 0 Å². The maximum absolute atomic E-state index is 13.4. The van der Waals surface area contributed by atoms with Crippen LogP contribution in [0.15, 0.2) is 5.16 Å². The molecule has 5 nitrogen and oxygen atoms in total. The standard InChI is InChI=1S/C24H36N2O3/c1-3-24-10-6-15(26-29-16-8-11-25-14-16)12-20(24)21(27)13-17-18-4-5-22(28)23(18,2)9-7-19(17)24/h16-20,25H,3-14H2,1-2H3/t16-,17?,18?,19?,20+,23-,24+/m0/s1. The molecule has 0 spiro atoms. The summed E-state index contributed by atoms with van der Waals surface area (Å²) >= 11 is 0. The summed E-state index contributed by atoms with van der Waals surface area (Å²) in [4.78, 5) is 31.8. The van der Waals surface area contributed by atoms with Crippen LogP contribution in [0.2, 0.25) is 0 Å². The lowest BCUT2D eigenvalue weighted by atomic mass is 9.44. The van der Waals surface area contributed by atoms with Gasteiger partial charge in [-0.2, -0.15) is 0 Å². The molecule has 29 heavy (non-hydrogen) atoms. The summed E-state index contributed by atoms with van der Waals surface area (Å²) in [6, 6.07) is 0. The van der Waals surface area contributed by atoms with Crippen molar-refractivity contribution in [3.05, 3.63) is 0 Å². The number of hydrogen-bond acceptors (Lipinski definition) is 5. The Hall–Kier alpha value is -1.23. The average Bonchev–Trinajstić information content (AvgIpc) is 3.35. The summed E-state index contributed by atoms with van der Waals surface area (Å²) in [7, 11) is 0. The van der Waals surface area contributed by atoms with E-state index in [1.807, 2.05) is 0 Å². The maximum atomic E-state index is 13.4. The number of nitrogens with zero attached hydrogens (tertiary/aromatic N) is 1. The van der Waals surface area contributed by atoms with Crippen molar-refractivity contribution in [1.82, 2.24) is 5.32 Å². The van der Waals surface area contributed by atoms with Crippen LogP contribution in [-0.4, -0.2) is 36.5 Å². The molecular weight excluding hydrogens is 364 g/mol. The molecule has 160 valence electrons. The lowest BCUT2D eigenvalue weighted by Crippen LogP contribution is -2.57. The number of Topliss-reactive ketones (excluding diaryl/α,β-unsaturated/α-hetero) is 2. The Morgan fingerprint density at radius 2 is 1.97 bits per heavy atom. The molecule has 0 bridgehead atoms. The first kappa shape index (κ1) is 19.7. The van der Waals surface area contributed by atoms with E-state index in [0.29, 0.717) is 35.7 Å². The van der Waals surface area contributed by atoms with Crippen LogP contribution in [0, 0.1) is 34.5 Å². The molecule has 0 aromatic carbocycles. The molecular formula is C24H36N2O3. The van der Waals surface area contributed by atoms with E-state index in [1.54, 1.807) is 0 Å². The fourth-order valence-electron chi connectivity index (χ4n) is 8.04. The van der Waals surface area contributed by atoms with Gasteiger partial charge in [0.25, 0.3) is 0 Å². The highest BCUT2D eigenvalue weighted by Crippen LogP contribution is 2.65. The predicted octanol–water partition coefficient (Wildman–Crippen LogP) is 3.90. The monoisotopic (exact) mass is 400 g/mol. The summed E-state index contributed by atoms with van der Waals surface area (Å²) in [6.07, 6.45) is 9.64. The van der Waals surface area contributed by atoms with E-state index in [-0.39, 0.29) is 22.9 Å². The molecule has 0 radical (unpaired) electrons. The van der Waals surface area contributed by atoms with Gasteiger partial charge < -0.3 is 10.2 Å². The number of rotatable bonds is 3. The molecule has 1 heterocycles. The van der Waals surface area contributed by atoms with Gasteiger partial charge in [0.1, 0.15) is 17.7 Å².